The van der Waals surface area contributed by atoms with Crippen LogP contribution in [0.2, 0.25) is 5.02 Å². The summed E-state index contributed by atoms with van der Waals surface area (Å²) in [6.07, 6.45) is 3.36. The van der Waals surface area contributed by atoms with E-state index in [-0.39, 0.29) is 16.7 Å². The first kappa shape index (κ1) is 22.6. The van der Waals surface area contributed by atoms with Gasteiger partial charge in [0.25, 0.3) is 15.9 Å². The van der Waals surface area contributed by atoms with Crippen LogP contribution in [-0.2, 0) is 10.0 Å². The average molecular weight is 460 g/mol. The second-order valence-electron chi connectivity index (χ2n) is 6.65. The molecule has 1 heterocycles. The maximum absolute atomic E-state index is 12.6. The van der Waals surface area contributed by atoms with Crippen molar-refractivity contribution in [2.24, 2.45) is 0 Å². The minimum atomic E-state index is -3.80. The van der Waals surface area contributed by atoms with Crippen LogP contribution in [0.1, 0.15) is 30.1 Å². The quantitative estimate of drug-likeness (QED) is 0.445. The Morgan fingerprint density at radius 2 is 1.87 bits per heavy atom. The fraction of sp³-hybridized carbons (Fsp3) is 0.182. The second-order valence-corrected chi connectivity index (χ2v) is 8.77. The van der Waals surface area contributed by atoms with Gasteiger partial charge in [0.05, 0.1) is 10.6 Å². The first-order valence-corrected chi connectivity index (χ1v) is 11.5. The number of sulfonamides is 1. The smallest absolute Gasteiger partial charge is 0.261 e. The van der Waals surface area contributed by atoms with Crippen molar-refractivity contribution < 1.29 is 17.9 Å². The molecule has 0 saturated carbocycles. The lowest BCUT2D eigenvalue weighted by molar-refractivity contribution is 0.0950. The van der Waals surface area contributed by atoms with Gasteiger partial charge in [0.2, 0.25) is 5.88 Å². The highest BCUT2D eigenvalue weighted by atomic mass is 35.5. The predicted molar refractivity (Wildman–Crippen MR) is 120 cm³/mol. The molecule has 0 unspecified atom stereocenters. The molecule has 3 aromatic rings. The van der Waals surface area contributed by atoms with Gasteiger partial charge < -0.3 is 10.1 Å². The van der Waals surface area contributed by atoms with E-state index in [0.717, 1.165) is 12.8 Å². The van der Waals surface area contributed by atoms with Gasteiger partial charge in [-0.15, -0.1) is 0 Å². The van der Waals surface area contributed by atoms with E-state index in [0.29, 0.717) is 28.6 Å². The van der Waals surface area contributed by atoms with Crippen LogP contribution in [0.15, 0.2) is 71.8 Å². The first-order chi connectivity index (χ1) is 14.9. The summed E-state index contributed by atoms with van der Waals surface area (Å²) >= 11 is 5.82. The van der Waals surface area contributed by atoms with Crippen LogP contribution in [-0.4, -0.2) is 25.9 Å². The van der Waals surface area contributed by atoms with Gasteiger partial charge in [0.1, 0.15) is 11.3 Å². The number of carbonyl (C=O) groups is 1. The Kier molecular flexibility index (Phi) is 7.49. The fourth-order valence-electron chi connectivity index (χ4n) is 2.68. The summed E-state index contributed by atoms with van der Waals surface area (Å²) < 4.78 is 33.5. The Labute approximate surface area is 186 Å². The van der Waals surface area contributed by atoms with E-state index in [1.165, 1.54) is 36.5 Å². The molecular formula is C22H22ClN3O4S. The van der Waals surface area contributed by atoms with Crippen LogP contribution in [0.25, 0.3) is 0 Å². The Bertz CT molecular complexity index is 1150. The van der Waals surface area contributed by atoms with Crippen molar-refractivity contribution >= 4 is 33.2 Å². The number of ether oxygens (including phenoxy) is 1. The number of halogens is 1. The highest BCUT2D eigenvalue weighted by molar-refractivity contribution is 7.92. The SMILES string of the molecule is CCCCNC(=O)c1cccnc1Oc1cccc(NS(=O)(=O)c2ccc(Cl)cc2)c1. The van der Waals surface area contributed by atoms with Gasteiger partial charge in [-0.2, -0.15) is 0 Å². The van der Waals surface area contributed by atoms with Crippen molar-refractivity contribution in [2.75, 3.05) is 11.3 Å². The molecule has 162 valence electrons. The number of aromatic nitrogens is 1. The molecule has 7 nitrogen and oxygen atoms in total. The highest BCUT2D eigenvalue weighted by Crippen LogP contribution is 2.27. The van der Waals surface area contributed by atoms with Crippen LogP contribution in [0.4, 0.5) is 5.69 Å². The van der Waals surface area contributed by atoms with Gasteiger partial charge in [0, 0.05) is 23.8 Å². The third-order valence-corrected chi connectivity index (χ3v) is 5.91. The summed E-state index contributed by atoms with van der Waals surface area (Å²) in [5, 5.41) is 3.27. The lowest BCUT2D eigenvalue weighted by atomic mass is 10.2. The number of pyridine rings is 1. The van der Waals surface area contributed by atoms with Crippen LogP contribution in [0.3, 0.4) is 0 Å². The van der Waals surface area contributed by atoms with E-state index in [1.807, 2.05) is 6.92 Å². The number of hydrogen-bond donors (Lipinski definition) is 2. The number of nitrogens with zero attached hydrogens (tertiary/aromatic N) is 1. The summed E-state index contributed by atoms with van der Waals surface area (Å²) in [5.74, 6) is 0.183. The zero-order valence-corrected chi connectivity index (χ0v) is 18.4. The van der Waals surface area contributed by atoms with E-state index in [2.05, 4.69) is 15.0 Å². The molecule has 3 rings (SSSR count). The van der Waals surface area contributed by atoms with E-state index in [4.69, 9.17) is 16.3 Å². The summed E-state index contributed by atoms with van der Waals surface area (Å²) in [7, 11) is -3.80. The van der Waals surface area contributed by atoms with Crippen molar-refractivity contribution in [1.82, 2.24) is 10.3 Å². The van der Waals surface area contributed by atoms with Crippen molar-refractivity contribution in [1.29, 1.82) is 0 Å². The Balaban J connectivity index is 1.77. The van der Waals surface area contributed by atoms with Gasteiger partial charge in [-0.3, -0.25) is 9.52 Å². The zero-order chi connectivity index (χ0) is 22.3. The maximum atomic E-state index is 12.6. The third-order valence-electron chi connectivity index (χ3n) is 4.26. The second kappa shape index (κ2) is 10.3. The van der Waals surface area contributed by atoms with Gasteiger partial charge >= 0.3 is 0 Å². The lowest BCUT2D eigenvalue weighted by Crippen LogP contribution is -2.24. The molecule has 0 spiro atoms. The first-order valence-electron chi connectivity index (χ1n) is 9.68. The monoisotopic (exact) mass is 459 g/mol. The molecule has 0 radical (unpaired) electrons. The van der Waals surface area contributed by atoms with E-state index >= 15 is 0 Å². The summed E-state index contributed by atoms with van der Waals surface area (Å²) in [6, 6.07) is 15.5. The van der Waals surface area contributed by atoms with Crippen LogP contribution in [0.5, 0.6) is 11.6 Å². The van der Waals surface area contributed by atoms with Crippen LogP contribution in [0, 0.1) is 0 Å². The minimum absolute atomic E-state index is 0.0824. The maximum Gasteiger partial charge on any atom is 0.261 e. The normalized spacial score (nSPS) is 11.0. The summed E-state index contributed by atoms with van der Waals surface area (Å²) in [5.41, 5.74) is 0.600. The van der Waals surface area contributed by atoms with Crippen molar-refractivity contribution in [3.05, 3.63) is 77.4 Å². The van der Waals surface area contributed by atoms with Crippen molar-refractivity contribution in [3.63, 3.8) is 0 Å². The van der Waals surface area contributed by atoms with E-state index in [1.54, 1.807) is 30.3 Å². The molecule has 0 aliphatic rings. The topological polar surface area (TPSA) is 97.4 Å². The number of amides is 1. The van der Waals surface area contributed by atoms with Gasteiger partial charge in [-0.1, -0.05) is 31.0 Å². The molecule has 31 heavy (non-hydrogen) atoms. The number of nitrogens with one attached hydrogen (secondary N) is 2. The van der Waals surface area contributed by atoms with Gasteiger partial charge in [0.15, 0.2) is 0 Å². The standard InChI is InChI=1S/C22H22ClN3O4S/c1-2-3-13-24-21(27)20-8-5-14-25-22(20)30-18-7-4-6-17(15-18)26-31(28,29)19-11-9-16(23)10-12-19/h4-12,14-15,26H,2-3,13H2,1H3,(H,24,27). The van der Waals surface area contributed by atoms with Crippen molar-refractivity contribution in [3.8, 4) is 11.6 Å². The highest BCUT2D eigenvalue weighted by Gasteiger charge is 2.16. The predicted octanol–water partition coefficient (Wildman–Crippen LogP) is 4.86. The number of benzene rings is 2. The van der Waals surface area contributed by atoms with E-state index in [9.17, 15) is 13.2 Å². The van der Waals surface area contributed by atoms with Crippen LogP contribution < -0.4 is 14.8 Å². The number of rotatable bonds is 9. The van der Waals surface area contributed by atoms with Crippen LogP contribution >= 0.6 is 11.6 Å². The summed E-state index contributed by atoms with van der Waals surface area (Å²) in [6.45, 7) is 2.60. The number of unbranched alkanes of at least 4 members (excludes halogenated alkanes) is 1. The molecule has 0 saturated heterocycles. The Hall–Kier alpha value is -3.10. The Morgan fingerprint density at radius 1 is 1.10 bits per heavy atom. The molecule has 0 fully saturated rings. The number of carbonyl (C=O) groups excluding carboxylic acids is 1. The molecular weight excluding hydrogens is 438 g/mol. The molecule has 0 atom stereocenters. The zero-order valence-electron chi connectivity index (χ0n) is 16.8. The molecule has 1 amide bonds. The molecule has 2 N–H and O–H groups in total. The van der Waals surface area contributed by atoms with Crippen molar-refractivity contribution in [2.45, 2.75) is 24.7 Å². The molecule has 0 aliphatic carbocycles. The molecule has 1 aromatic heterocycles. The third kappa shape index (κ3) is 6.19. The Morgan fingerprint density at radius 3 is 2.61 bits per heavy atom. The average Bonchev–Trinajstić information content (AvgIpc) is 2.74. The molecule has 2 aromatic carbocycles. The van der Waals surface area contributed by atoms with Gasteiger partial charge in [-0.25, -0.2) is 13.4 Å². The molecule has 9 heteroatoms. The lowest BCUT2D eigenvalue weighted by Gasteiger charge is -2.12. The molecule has 0 bridgehead atoms. The van der Waals surface area contributed by atoms with E-state index < -0.39 is 10.0 Å². The summed E-state index contributed by atoms with van der Waals surface area (Å²) in [4.78, 5) is 16.7. The fourth-order valence-corrected chi connectivity index (χ4v) is 3.86. The number of anilines is 1. The van der Waals surface area contributed by atoms with Gasteiger partial charge in [-0.05, 0) is 55.0 Å². The minimum Gasteiger partial charge on any atom is -0.438 e. The largest absolute Gasteiger partial charge is 0.438 e. The number of hydrogen-bond acceptors (Lipinski definition) is 5. The molecule has 0 aliphatic heterocycles.